The predicted molar refractivity (Wildman–Crippen MR) is 79.6 cm³/mol. The van der Waals surface area contributed by atoms with Gasteiger partial charge in [-0.25, -0.2) is 0 Å². The van der Waals surface area contributed by atoms with Crippen molar-refractivity contribution in [3.05, 3.63) is 28.3 Å². The molecule has 1 fully saturated rings. The molecule has 0 saturated heterocycles. The quantitative estimate of drug-likeness (QED) is 0.819. The molecule has 0 spiro atoms. The smallest absolute Gasteiger partial charge is 0.303 e. The fraction of sp³-hybridized carbons (Fsp3) is 0.562. The summed E-state index contributed by atoms with van der Waals surface area (Å²) in [6.45, 7) is 2.71. The SMILES string of the molecule is Cc1cc(Cl)c(OCC2CCC2)c(CCCC(=O)O)c1. The Kier molecular flexibility index (Phi) is 5.30. The zero-order valence-electron chi connectivity index (χ0n) is 11.8. The second-order valence-corrected chi connectivity index (χ2v) is 6.00. The Hall–Kier alpha value is -1.22. The molecule has 1 saturated carbocycles. The Morgan fingerprint density at radius 1 is 1.45 bits per heavy atom. The van der Waals surface area contributed by atoms with Gasteiger partial charge in [-0.15, -0.1) is 0 Å². The number of rotatable bonds is 7. The number of carboxylic acid groups (broad SMARTS) is 1. The average Bonchev–Trinajstić information content (AvgIpc) is 2.29. The topological polar surface area (TPSA) is 46.5 Å². The van der Waals surface area contributed by atoms with Crippen molar-refractivity contribution in [1.29, 1.82) is 0 Å². The van der Waals surface area contributed by atoms with Crippen molar-refractivity contribution in [3.63, 3.8) is 0 Å². The molecule has 1 aromatic rings. The van der Waals surface area contributed by atoms with Crippen molar-refractivity contribution < 1.29 is 14.6 Å². The van der Waals surface area contributed by atoms with Crippen molar-refractivity contribution in [3.8, 4) is 5.75 Å². The van der Waals surface area contributed by atoms with E-state index in [2.05, 4.69) is 0 Å². The zero-order valence-corrected chi connectivity index (χ0v) is 12.6. The molecule has 4 heteroatoms. The number of benzene rings is 1. The lowest BCUT2D eigenvalue weighted by Crippen LogP contribution is -2.19. The Morgan fingerprint density at radius 2 is 2.20 bits per heavy atom. The third kappa shape index (κ3) is 4.14. The molecule has 110 valence electrons. The van der Waals surface area contributed by atoms with Crippen LogP contribution in [0, 0.1) is 12.8 Å². The summed E-state index contributed by atoms with van der Waals surface area (Å²) in [4.78, 5) is 10.6. The maximum atomic E-state index is 10.6. The van der Waals surface area contributed by atoms with E-state index in [9.17, 15) is 4.79 Å². The molecular weight excluding hydrogens is 276 g/mol. The van der Waals surface area contributed by atoms with Crippen LogP contribution in [0.3, 0.4) is 0 Å². The largest absolute Gasteiger partial charge is 0.491 e. The average molecular weight is 297 g/mol. The fourth-order valence-corrected chi connectivity index (χ4v) is 2.79. The highest BCUT2D eigenvalue weighted by molar-refractivity contribution is 6.32. The van der Waals surface area contributed by atoms with Gasteiger partial charge in [-0.3, -0.25) is 4.79 Å². The number of hydrogen-bond donors (Lipinski definition) is 1. The standard InChI is InChI=1S/C16H21ClO3/c1-11-8-13(6-3-7-15(18)19)16(14(17)9-11)20-10-12-4-2-5-12/h8-9,12H,2-7,10H2,1H3,(H,18,19). The molecule has 0 unspecified atom stereocenters. The third-order valence-corrected chi connectivity index (χ3v) is 4.07. The summed E-state index contributed by atoms with van der Waals surface area (Å²) < 4.78 is 5.91. The molecule has 3 nitrogen and oxygen atoms in total. The van der Waals surface area contributed by atoms with Gasteiger partial charge in [0, 0.05) is 6.42 Å². The summed E-state index contributed by atoms with van der Waals surface area (Å²) in [7, 11) is 0. The van der Waals surface area contributed by atoms with Crippen LogP contribution in [0.1, 0.15) is 43.2 Å². The first kappa shape index (κ1) is 15.2. The molecule has 1 N–H and O–H groups in total. The van der Waals surface area contributed by atoms with E-state index in [1.807, 2.05) is 19.1 Å². The van der Waals surface area contributed by atoms with E-state index >= 15 is 0 Å². The van der Waals surface area contributed by atoms with Gasteiger partial charge in [-0.05, 0) is 55.7 Å². The van der Waals surface area contributed by atoms with Gasteiger partial charge in [0.1, 0.15) is 5.75 Å². The molecule has 0 atom stereocenters. The Bertz CT molecular complexity index is 481. The summed E-state index contributed by atoms with van der Waals surface area (Å²) in [6.07, 6.45) is 5.23. The first-order chi connectivity index (χ1) is 9.56. The van der Waals surface area contributed by atoms with Crippen LogP contribution in [-0.4, -0.2) is 17.7 Å². The second kappa shape index (κ2) is 6.98. The number of aliphatic carboxylic acids is 1. The highest BCUT2D eigenvalue weighted by Crippen LogP contribution is 2.34. The van der Waals surface area contributed by atoms with Crippen LogP contribution in [0.15, 0.2) is 12.1 Å². The van der Waals surface area contributed by atoms with E-state index in [-0.39, 0.29) is 6.42 Å². The molecule has 1 aliphatic rings. The van der Waals surface area contributed by atoms with Crippen molar-refractivity contribution in [2.24, 2.45) is 5.92 Å². The molecule has 0 radical (unpaired) electrons. The minimum Gasteiger partial charge on any atom is -0.491 e. The molecule has 20 heavy (non-hydrogen) atoms. The number of aryl methyl sites for hydroxylation is 2. The molecule has 0 heterocycles. The van der Waals surface area contributed by atoms with Crippen LogP contribution in [0.5, 0.6) is 5.75 Å². The summed E-state index contributed by atoms with van der Waals surface area (Å²) in [5.74, 6) is 0.634. The van der Waals surface area contributed by atoms with E-state index in [1.165, 1.54) is 19.3 Å². The van der Waals surface area contributed by atoms with Gasteiger partial charge in [0.05, 0.1) is 11.6 Å². The van der Waals surface area contributed by atoms with Gasteiger partial charge in [-0.1, -0.05) is 24.1 Å². The molecule has 1 aromatic carbocycles. The normalized spacial score (nSPS) is 14.9. The highest BCUT2D eigenvalue weighted by Gasteiger charge is 2.19. The van der Waals surface area contributed by atoms with E-state index < -0.39 is 5.97 Å². The highest BCUT2D eigenvalue weighted by atomic mass is 35.5. The lowest BCUT2D eigenvalue weighted by molar-refractivity contribution is -0.137. The third-order valence-electron chi connectivity index (χ3n) is 3.79. The van der Waals surface area contributed by atoms with Gasteiger partial charge >= 0.3 is 5.97 Å². The van der Waals surface area contributed by atoms with Crippen LogP contribution >= 0.6 is 11.6 Å². The van der Waals surface area contributed by atoms with Crippen LogP contribution in [0.2, 0.25) is 5.02 Å². The zero-order chi connectivity index (χ0) is 14.5. The van der Waals surface area contributed by atoms with Gasteiger partial charge < -0.3 is 9.84 Å². The Labute approximate surface area is 124 Å². The first-order valence-electron chi connectivity index (χ1n) is 7.20. The van der Waals surface area contributed by atoms with Crippen LogP contribution in [0.4, 0.5) is 0 Å². The van der Waals surface area contributed by atoms with Crippen molar-refractivity contribution in [2.45, 2.75) is 45.4 Å². The molecule has 0 bridgehead atoms. The number of halogens is 1. The van der Waals surface area contributed by atoms with Crippen molar-refractivity contribution in [1.82, 2.24) is 0 Å². The maximum absolute atomic E-state index is 10.6. The summed E-state index contributed by atoms with van der Waals surface area (Å²) in [5, 5.41) is 9.36. The van der Waals surface area contributed by atoms with Crippen molar-refractivity contribution in [2.75, 3.05) is 6.61 Å². The maximum Gasteiger partial charge on any atom is 0.303 e. The number of hydrogen-bond acceptors (Lipinski definition) is 2. The van der Waals surface area contributed by atoms with Crippen LogP contribution in [0.25, 0.3) is 0 Å². The van der Waals surface area contributed by atoms with Gasteiger partial charge in [0.15, 0.2) is 0 Å². The fourth-order valence-electron chi connectivity index (χ4n) is 2.44. The van der Waals surface area contributed by atoms with Crippen molar-refractivity contribution >= 4 is 17.6 Å². The number of carboxylic acids is 1. The first-order valence-corrected chi connectivity index (χ1v) is 7.57. The van der Waals surface area contributed by atoms with E-state index in [4.69, 9.17) is 21.4 Å². The molecule has 1 aliphatic carbocycles. The lowest BCUT2D eigenvalue weighted by Gasteiger charge is -2.26. The predicted octanol–water partition coefficient (Wildman–Crippen LogP) is 4.23. The molecule has 2 rings (SSSR count). The van der Waals surface area contributed by atoms with E-state index in [0.717, 1.165) is 16.9 Å². The summed E-state index contributed by atoms with van der Waals surface area (Å²) >= 11 is 6.28. The van der Waals surface area contributed by atoms with E-state index in [0.29, 0.717) is 30.4 Å². The van der Waals surface area contributed by atoms with Crippen LogP contribution in [-0.2, 0) is 11.2 Å². The van der Waals surface area contributed by atoms with Gasteiger partial charge in [0.2, 0.25) is 0 Å². The van der Waals surface area contributed by atoms with Gasteiger partial charge in [0.25, 0.3) is 0 Å². The second-order valence-electron chi connectivity index (χ2n) is 5.59. The summed E-state index contributed by atoms with van der Waals surface area (Å²) in [6, 6.07) is 3.95. The van der Waals surface area contributed by atoms with E-state index in [1.54, 1.807) is 0 Å². The lowest BCUT2D eigenvalue weighted by atomic mass is 9.86. The monoisotopic (exact) mass is 296 g/mol. The molecule has 0 amide bonds. The molecular formula is C16H21ClO3. The number of carbonyl (C=O) groups is 1. The van der Waals surface area contributed by atoms with Crippen LogP contribution < -0.4 is 4.74 Å². The molecule has 0 aromatic heterocycles. The van der Waals surface area contributed by atoms with Gasteiger partial charge in [-0.2, -0.15) is 0 Å². The minimum atomic E-state index is -0.763. The Morgan fingerprint density at radius 3 is 2.80 bits per heavy atom. The minimum absolute atomic E-state index is 0.174. The summed E-state index contributed by atoms with van der Waals surface area (Å²) in [5.41, 5.74) is 2.10. The number of ether oxygens (including phenoxy) is 1. The Balaban J connectivity index is 2.03. The molecule has 0 aliphatic heterocycles.